The molecule has 1 aliphatic rings. The zero-order chi connectivity index (χ0) is 18.9. The van der Waals surface area contributed by atoms with Gasteiger partial charge in [-0.2, -0.15) is 5.10 Å². The molecule has 6 nitrogen and oxygen atoms in total. The number of H-pyrrole nitrogens is 1. The fourth-order valence-electron chi connectivity index (χ4n) is 3.00. The van der Waals surface area contributed by atoms with Crippen molar-refractivity contribution in [2.75, 3.05) is 13.1 Å². The van der Waals surface area contributed by atoms with Gasteiger partial charge in [-0.1, -0.05) is 39.0 Å². The van der Waals surface area contributed by atoms with E-state index in [0.29, 0.717) is 31.0 Å². The topological polar surface area (TPSA) is 78.5 Å². The molecule has 0 spiro atoms. The van der Waals surface area contributed by atoms with Gasteiger partial charge in [0.15, 0.2) is 0 Å². The summed E-state index contributed by atoms with van der Waals surface area (Å²) in [6, 6.07) is 11.2. The van der Waals surface area contributed by atoms with E-state index in [1.165, 1.54) is 0 Å². The van der Waals surface area contributed by atoms with Gasteiger partial charge in [-0.05, 0) is 31.5 Å². The first-order chi connectivity index (χ1) is 12.2. The van der Waals surface area contributed by atoms with Crippen LogP contribution < -0.4 is 4.74 Å². The Bertz CT molecular complexity index is 762. The monoisotopic (exact) mass is 357 g/mol. The van der Waals surface area contributed by atoms with Gasteiger partial charge in [0.25, 0.3) is 5.91 Å². The molecule has 0 bridgehead atoms. The normalized spacial score (nSPS) is 23.7. The number of carbonyl (C=O) groups is 1. The molecule has 2 aromatic rings. The molecular formula is C20H27N3O3. The van der Waals surface area contributed by atoms with Crippen LogP contribution in [0.25, 0.3) is 0 Å². The number of hydrogen-bond donors (Lipinski definition) is 2. The molecule has 1 fully saturated rings. The second-order valence-corrected chi connectivity index (χ2v) is 8.19. The van der Waals surface area contributed by atoms with Gasteiger partial charge < -0.3 is 14.7 Å². The maximum absolute atomic E-state index is 12.9. The van der Waals surface area contributed by atoms with Crippen molar-refractivity contribution in [3.8, 4) is 5.75 Å². The first-order valence-corrected chi connectivity index (χ1v) is 8.96. The van der Waals surface area contributed by atoms with E-state index in [9.17, 15) is 9.90 Å². The molecule has 1 aliphatic heterocycles. The van der Waals surface area contributed by atoms with Gasteiger partial charge in [0.1, 0.15) is 23.1 Å². The molecule has 3 rings (SSSR count). The number of aromatic amines is 1. The predicted octanol–water partition coefficient (Wildman–Crippen LogP) is 2.75. The first-order valence-electron chi connectivity index (χ1n) is 8.96. The van der Waals surface area contributed by atoms with Gasteiger partial charge in [0.2, 0.25) is 0 Å². The SMILES string of the molecule is CC(C)(C)c1cc(C(=O)N2CC[C@@](C)(O)[C@H](Oc3ccccc3)C2)n[nH]1. The van der Waals surface area contributed by atoms with Crippen molar-refractivity contribution in [2.24, 2.45) is 0 Å². The number of nitrogens with one attached hydrogen (secondary N) is 1. The van der Waals surface area contributed by atoms with Gasteiger partial charge >= 0.3 is 0 Å². The summed E-state index contributed by atoms with van der Waals surface area (Å²) < 4.78 is 5.97. The number of ether oxygens (including phenoxy) is 1. The maximum Gasteiger partial charge on any atom is 0.274 e. The lowest BCUT2D eigenvalue weighted by Gasteiger charge is -2.42. The van der Waals surface area contributed by atoms with Gasteiger partial charge in [-0.15, -0.1) is 0 Å². The number of aromatic nitrogens is 2. The third-order valence-corrected chi connectivity index (χ3v) is 4.88. The number of amides is 1. The van der Waals surface area contributed by atoms with E-state index < -0.39 is 11.7 Å². The number of nitrogens with zero attached hydrogens (tertiary/aromatic N) is 2. The highest BCUT2D eigenvalue weighted by Crippen LogP contribution is 2.28. The summed E-state index contributed by atoms with van der Waals surface area (Å²) in [6.07, 6.45) is -0.0455. The second-order valence-electron chi connectivity index (χ2n) is 8.19. The van der Waals surface area contributed by atoms with Crippen molar-refractivity contribution >= 4 is 5.91 Å². The molecule has 140 valence electrons. The highest BCUT2D eigenvalue weighted by Gasteiger charge is 2.41. The fraction of sp³-hybridized carbons (Fsp3) is 0.500. The number of carbonyl (C=O) groups excluding carboxylic acids is 1. The van der Waals surface area contributed by atoms with Crippen molar-refractivity contribution in [1.82, 2.24) is 15.1 Å². The van der Waals surface area contributed by atoms with Crippen LogP contribution in [0.5, 0.6) is 5.75 Å². The molecule has 1 aromatic heterocycles. The Morgan fingerprint density at radius 1 is 1.35 bits per heavy atom. The fourth-order valence-corrected chi connectivity index (χ4v) is 3.00. The van der Waals surface area contributed by atoms with Crippen LogP contribution in [0.1, 0.15) is 50.3 Å². The van der Waals surface area contributed by atoms with Crippen molar-refractivity contribution in [3.63, 3.8) is 0 Å². The number of piperidine rings is 1. The van der Waals surface area contributed by atoms with E-state index in [-0.39, 0.29) is 11.3 Å². The molecule has 1 saturated heterocycles. The predicted molar refractivity (Wildman–Crippen MR) is 99.3 cm³/mol. The van der Waals surface area contributed by atoms with Crippen molar-refractivity contribution < 1.29 is 14.6 Å². The van der Waals surface area contributed by atoms with E-state index in [2.05, 4.69) is 31.0 Å². The summed E-state index contributed by atoms with van der Waals surface area (Å²) in [5, 5.41) is 17.8. The molecular weight excluding hydrogens is 330 g/mol. The minimum Gasteiger partial charge on any atom is -0.486 e. The lowest BCUT2D eigenvalue weighted by Crippen LogP contribution is -2.57. The second kappa shape index (κ2) is 6.76. The van der Waals surface area contributed by atoms with E-state index in [1.54, 1.807) is 11.8 Å². The van der Waals surface area contributed by atoms with Crippen molar-refractivity contribution in [3.05, 3.63) is 47.8 Å². The Labute approximate surface area is 154 Å². The number of hydrogen-bond acceptors (Lipinski definition) is 4. The summed E-state index contributed by atoms with van der Waals surface area (Å²) in [7, 11) is 0. The highest BCUT2D eigenvalue weighted by atomic mass is 16.5. The summed E-state index contributed by atoms with van der Waals surface area (Å²) >= 11 is 0. The molecule has 1 aromatic carbocycles. The van der Waals surface area contributed by atoms with Crippen LogP contribution in [-0.4, -0.2) is 50.9 Å². The molecule has 0 saturated carbocycles. The quantitative estimate of drug-likeness (QED) is 0.885. The molecule has 2 atom stereocenters. The van der Waals surface area contributed by atoms with Crippen LogP contribution >= 0.6 is 0 Å². The lowest BCUT2D eigenvalue weighted by atomic mass is 9.90. The van der Waals surface area contributed by atoms with Crippen LogP contribution in [0, 0.1) is 0 Å². The lowest BCUT2D eigenvalue weighted by molar-refractivity contribution is -0.0882. The largest absolute Gasteiger partial charge is 0.486 e. The summed E-state index contributed by atoms with van der Waals surface area (Å²) in [4.78, 5) is 14.6. The van der Waals surface area contributed by atoms with Crippen LogP contribution in [-0.2, 0) is 5.41 Å². The van der Waals surface area contributed by atoms with Crippen LogP contribution in [0.3, 0.4) is 0 Å². The number of aliphatic hydroxyl groups is 1. The first kappa shape index (κ1) is 18.5. The van der Waals surface area contributed by atoms with Crippen LogP contribution in [0.15, 0.2) is 36.4 Å². The van der Waals surface area contributed by atoms with Crippen LogP contribution in [0.4, 0.5) is 0 Å². The average Bonchev–Trinajstić information content (AvgIpc) is 3.07. The van der Waals surface area contributed by atoms with Gasteiger partial charge in [-0.25, -0.2) is 0 Å². The zero-order valence-electron chi connectivity index (χ0n) is 15.8. The summed E-state index contributed by atoms with van der Waals surface area (Å²) in [5.74, 6) is 0.538. The van der Waals surface area contributed by atoms with E-state index in [0.717, 1.165) is 5.69 Å². The Kier molecular flexibility index (Phi) is 4.80. The molecule has 0 aliphatic carbocycles. The minimum atomic E-state index is -0.991. The number of rotatable bonds is 3. The Balaban J connectivity index is 1.74. The minimum absolute atomic E-state index is 0.101. The molecule has 0 unspecified atom stereocenters. The molecule has 26 heavy (non-hydrogen) atoms. The average molecular weight is 357 g/mol. The van der Waals surface area contributed by atoms with E-state index in [4.69, 9.17) is 4.74 Å². The van der Waals surface area contributed by atoms with Crippen LogP contribution in [0.2, 0.25) is 0 Å². The summed E-state index contributed by atoms with van der Waals surface area (Å²) in [5.41, 5.74) is 0.224. The zero-order valence-corrected chi connectivity index (χ0v) is 15.8. The molecule has 6 heteroatoms. The van der Waals surface area contributed by atoms with Crippen molar-refractivity contribution in [1.29, 1.82) is 0 Å². The third-order valence-electron chi connectivity index (χ3n) is 4.88. The van der Waals surface area contributed by atoms with E-state index in [1.807, 2.05) is 36.4 Å². The Hall–Kier alpha value is -2.34. The van der Waals surface area contributed by atoms with Crippen molar-refractivity contribution in [2.45, 2.75) is 51.2 Å². The smallest absolute Gasteiger partial charge is 0.274 e. The third kappa shape index (κ3) is 3.90. The van der Waals surface area contributed by atoms with Gasteiger partial charge in [0.05, 0.1) is 6.54 Å². The van der Waals surface area contributed by atoms with Gasteiger partial charge in [-0.3, -0.25) is 9.89 Å². The Morgan fingerprint density at radius 2 is 2.04 bits per heavy atom. The molecule has 0 radical (unpaired) electrons. The summed E-state index contributed by atoms with van der Waals surface area (Å²) in [6.45, 7) is 8.75. The molecule has 1 amide bonds. The number of para-hydroxylation sites is 1. The standard InChI is InChI=1S/C20H27N3O3/c1-19(2,3)16-12-15(21-22-16)18(24)23-11-10-20(4,25)17(13-23)26-14-8-6-5-7-9-14/h5-9,12,17,25H,10-11,13H2,1-4H3,(H,21,22)/t17-,20-/m1/s1. The van der Waals surface area contributed by atoms with E-state index >= 15 is 0 Å². The molecule has 2 heterocycles. The maximum atomic E-state index is 12.9. The Morgan fingerprint density at radius 3 is 2.65 bits per heavy atom. The molecule has 2 N–H and O–H groups in total. The highest BCUT2D eigenvalue weighted by molar-refractivity contribution is 5.92. The van der Waals surface area contributed by atoms with Gasteiger partial charge in [0, 0.05) is 17.7 Å². The number of likely N-dealkylation sites (tertiary alicyclic amines) is 1. The number of benzene rings is 1.